The predicted octanol–water partition coefficient (Wildman–Crippen LogP) is 5.43. The topological polar surface area (TPSA) is 227 Å². The van der Waals surface area contributed by atoms with E-state index in [0.29, 0.717) is 91.2 Å². The van der Waals surface area contributed by atoms with E-state index in [1.807, 2.05) is 33.9 Å². The summed E-state index contributed by atoms with van der Waals surface area (Å²) in [5.41, 5.74) is 3.21. The zero-order chi connectivity index (χ0) is 47.7. The third kappa shape index (κ3) is 8.74. The van der Waals surface area contributed by atoms with Gasteiger partial charge in [0.2, 0.25) is 5.82 Å². The highest BCUT2D eigenvalue weighted by molar-refractivity contribution is 5.92. The molecule has 0 bridgehead atoms. The lowest BCUT2D eigenvalue weighted by Gasteiger charge is -2.36. The van der Waals surface area contributed by atoms with Crippen molar-refractivity contribution in [1.82, 2.24) is 44.4 Å². The van der Waals surface area contributed by atoms with E-state index >= 15 is 0 Å². The number of aryl methyl sites for hydroxylation is 1. The van der Waals surface area contributed by atoms with E-state index < -0.39 is 17.6 Å². The summed E-state index contributed by atoms with van der Waals surface area (Å²) in [6.07, 6.45) is 5.24. The fraction of sp³-hybridized carbons (Fsp3) is 0.388. The van der Waals surface area contributed by atoms with Gasteiger partial charge in [-0.2, -0.15) is 0 Å². The summed E-state index contributed by atoms with van der Waals surface area (Å²) >= 11 is 0. The zero-order valence-corrected chi connectivity index (χ0v) is 38.4. The fourth-order valence-corrected chi connectivity index (χ4v) is 9.24. The smallest absolute Gasteiger partial charge is 0.415 e. The number of piperidine rings is 1. The summed E-state index contributed by atoms with van der Waals surface area (Å²) < 4.78 is 14.4. The number of likely N-dealkylation sites (tertiary alicyclic amines) is 1. The molecular weight excluding hydrogens is 859 g/mol. The van der Waals surface area contributed by atoms with Crippen molar-refractivity contribution in [1.29, 1.82) is 0 Å². The van der Waals surface area contributed by atoms with Crippen molar-refractivity contribution in [2.24, 2.45) is 0 Å². The predicted molar refractivity (Wildman–Crippen MR) is 248 cm³/mol. The molecule has 67 heavy (non-hydrogen) atoms. The lowest BCUT2D eigenvalue weighted by atomic mass is 9.89. The van der Waals surface area contributed by atoms with Crippen LogP contribution in [0.2, 0.25) is 0 Å². The van der Waals surface area contributed by atoms with Crippen molar-refractivity contribution in [3.63, 3.8) is 0 Å². The standard InChI is InChI=1S/C49H55N9O9/c1-7-32-34-20-31(11-12-39(34)52-43-36(32)25-57-40(43)22-38(49(65,8-2)27-59)37(26-66-6)47(57)63)67-48(64)56-17-13-29(14-18-56)55(5)19-16-51-46(62)45-54-53-44(58(45)30-10-9-15-50-24-30)35-21-33(28(3)4)41(60)23-42(35)61/h9-12,15,20-24,27-29,60-61,65H,7-8,13-14,16-19,25-26H2,1-6H3,(H,51,62). The number of ether oxygens (including phenoxy) is 2. The minimum atomic E-state index is -1.86. The molecule has 1 unspecified atom stereocenters. The second-order valence-corrected chi connectivity index (χ2v) is 17.4. The maximum absolute atomic E-state index is 13.9. The first-order chi connectivity index (χ1) is 32.2. The number of likely N-dealkylation sites (N-methyl/N-ethyl adjacent to an activating group) is 1. The number of nitrogens with one attached hydrogen (secondary N) is 1. The number of benzene rings is 2. The molecule has 4 aromatic heterocycles. The van der Waals surface area contributed by atoms with Gasteiger partial charge in [-0.3, -0.25) is 23.9 Å². The van der Waals surface area contributed by atoms with Crippen molar-refractivity contribution in [3.8, 4) is 45.7 Å². The van der Waals surface area contributed by atoms with Crippen molar-refractivity contribution in [2.75, 3.05) is 40.3 Å². The van der Waals surface area contributed by atoms with Gasteiger partial charge in [0.05, 0.1) is 47.5 Å². The number of aldehydes is 1. The Morgan fingerprint density at radius 3 is 2.49 bits per heavy atom. The molecule has 6 heterocycles. The van der Waals surface area contributed by atoms with Gasteiger partial charge in [0.25, 0.3) is 11.5 Å². The molecule has 4 N–H and O–H groups in total. The van der Waals surface area contributed by atoms with E-state index in [9.17, 15) is 34.5 Å². The number of amides is 2. The molecule has 1 saturated heterocycles. The van der Waals surface area contributed by atoms with Crippen LogP contribution >= 0.6 is 0 Å². The third-order valence-electron chi connectivity index (χ3n) is 13.1. The van der Waals surface area contributed by atoms with Crippen LogP contribution in [0.25, 0.3) is 39.4 Å². The summed E-state index contributed by atoms with van der Waals surface area (Å²) in [6.45, 7) is 9.48. The molecule has 0 radical (unpaired) electrons. The van der Waals surface area contributed by atoms with E-state index in [1.54, 1.807) is 65.2 Å². The molecule has 350 valence electrons. The van der Waals surface area contributed by atoms with Crippen LogP contribution in [0.4, 0.5) is 4.79 Å². The van der Waals surface area contributed by atoms with Crippen LogP contribution in [-0.2, 0) is 34.7 Å². The maximum Gasteiger partial charge on any atom is 0.415 e. The molecule has 2 amide bonds. The highest BCUT2D eigenvalue weighted by Crippen LogP contribution is 2.40. The molecule has 2 aliphatic rings. The van der Waals surface area contributed by atoms with E-state index in [2.05, 4.69) is 25.4 Å². The Labute approximate surface area is 386 Å². The summed E-state index contributed by atoms with van der Waals surface area (Å²) in [7, 11) is 3.44. The average Bonchev–Trinajstić information content (AvgIpc) is 3.94. The van der Waals surface area contributed by atoms with Gasteiger partial charge in [0.15, 0.2) is 12.1 Å². The second-order valence-electron chi connectivity index (χ2n) is 17.4. The number of aromatic hydroxyl groups is 2. The normalized spacial score (nSPS) is 14.6. The second kappa shape index (κ2) is 19.1. The molecule has 18 nitrogen and oxygen atoms in total. The summed E-state index contributed by atoms with van der Waals surface area (Å²) in [6, 6.07) is 13.5. The molecule has 0 saturated carbocycles. The molecule has 2 aliphatic heterocycles. The van der Waals surface area contributed by atoms with Crippen molar-refractivity contribution in [2.45, 2.75) is 84.1 Å². The summed E-state index contributed by atoms with van der Waals surface area (Å²) in [4.78, 5) is 66.2. The monoisotopic (exact) mass is 913 g/mol. The first-order valence-electron chi connectivity index (χ1n) is 22.5. The number of phenolic OH excluding ortho intramolecular Hbond substituents is 2. The Morgan fingerprint density at radius 2 is 1.82 bits per heavy atom. The van der Waals surface area contributed by atoms with Crippen molar-refractivity contribution < 1.29 is 39.2 Å². The number of carbonyl (C=O) groups is 3. The number of hydrogen-bond donors (Lipinski definition) is 4. The highest BCUT2D eigenvalue weighted by Gasteiger charge is 2.36. The molecule has 0 spiro atoms. The fourth-order valence-electron chi connectivity index (χ4n) is 9.24. The number of carbonyl (C=O) groups excluding carboxylic acids is 3. The van der Waals surface area contributed by atoms with Crippen LogP contribution in [0.15, 0.2) is 65.7 Å². The minimum Gasteiger partial charge on any atom is -0.508 e. The molecule has 2 aromatic carbocycles. The van der Waals surface area contributed by atoms with Crippen LogP contribution in [0.5, 0.6) is 17.2 Å². The number of aromatic nitrogens is 6. The van der Waals surface area contributed by atoms with Crippen LogP contribution in [0, 0.1) is 0 Å². The van der Waals surface area contributed by atoms with E-state index in [0.717, 1.165) is 16.5 Å². The first-order valence-corrected chi connectivity index (χ1v) is 22.5. The van der Waals surface area contributed by atoms with Crippen LogP contribution in [0.3, 0.4) is 0 Å². The number of pyridine rings is 3. The Kier molecular flexibility index (Phi) is 13.2. The summed E-state index contributed by atoms with van der Waals surface area (Å²) in [5, 5.41) is 44.8. The Balaban J connectivity index is 0.904. The van der Waals surface area contributed by atoms with Gasteiger partial charge in [-0.25, -0.2) is 9.78 Å². The Hall–Kier alpha value is -7.02. The minimum absolute atomic E-state index is 0.00437. The average molecular weight is 914 g/mol. The van der Waals surface area contributed by atoms with Gasteiger partial charge in [-0.1, -0.05) is 27.7 Å². The Bertz CT molecular complexity index is 2930. The van der Waals surface area contributed by atoms with E-state index in [-0.39, 0.29) is 71.4 Å². The van der Waals surface area contributed by atoms with Gasteiger partial charge < -0.3 is 44.5 Å². The lowest BCUT2D eigenvalue weighted by Crippen LogP contribution is -2.47. The number of rotatable bonds is 15. The Morgan fingerprint density at radius 1 is 1.04 bits per heavy atom. The molecule has 6 aromatic rings. The van der Waals surface area contributed by atoms with Gasteiger partial charge >= 0.3 is 6.09 Å². The van der Waals surface area contributed by atoms with Gasteiger partial charge in [-0.15, -0.1) is 10.2 Å². The largest absolute Gasteiger partial charge is 0.508 e. The van der Waals surface area contributed by atoms with Crippen molar-refractivity contribution in [3.05, 3.63) is 105 Å². The number of fused-ring (bicyclic) bond motifs is 4. The molecular formula is C49H55N9O9. The van der Waals surface area contributed by atoms with E-state index in [1.165, 1.54) is 17.7 Å². The van der Waals surface area contributed by atoms with Crippen molar-refractivity contribution >= 4 is 29.2 Å². The number of nitrogens with zero attached hydrogens (tertiary/aromatic N) is 8. The van der Waals surface area contributed by atoms with Crippen LogP contribution in [-0.4, -0.2) is 119 Å². The lowest BCUT2D eigenvalue weighted by molar-refractivity contribution is -0.125. The zero-order valence-electron chi connectivity index (χ0n) is 38.4. The number of hydrogen-bond acceptors (Lipinski definition) is 14. The summed E-state index contributed by atoms with van der Waals surface area (Å²) in [5.74, 6) is -0.182. The molecule has 1 fully saturated rings. The van der Waals surface area contributed by atoms with Crippen LogP contribution in [0.1, 0.15) is 91.3 Å². The molecule has 18 heteroatoms. The maximum atomic E-state index is 13.9. The molecule has 8 rings (SSSR count). The van der Waals surface area contributed by atoms with Gasteiger partial charge in [0, 0.05) is 73.7 Å². The quantitative estimate of drug-likeness (QED) is 0.0941. The molecule has 1 atom stereocenters. The highest BCUT2D eigenvalue weighted by atomic mass is 16.6. The number of phenols is 2. The number of methoxy groups -OCH3 is 1. The number of aliphatic hydroxyl groups is 1. The van der Waals surface area contributed by atoms with E-state index in [4.69, 9.17) is 14.5 Å². The first kappa shape index (κ1) is 46.5. The SMILES string of the molecule is CCc1c2c(nc3ccc(OC(=O)N4CCC(N(C)CCNC(=O)c5nnc(-c6cc(C(C)C)c(O)cc6O)n5-c5cccnc5)CC4)cc13)-c1cc(C(O)(C=O)CC)c(COC)c(=O)n1C2. The third-order valence-corrected chi connectivity index (χ3v) is 13.1. The van der Waals surface area contributed by atoms with Gasteiger partial charge in [-0.05, 0) is 92.2 Å². The molecule has 0 aliphatic carbocycles. The van der Waals surface area contributed by atoms with Crippen LogP contribution < -0.4 is 15.6 Å². The van der Waals surface area contributed by atoms with Gasteiger partial charge in [0.1, 0.15) is 22.8 Å².